The van der Waals surface area contributed by atoms with Crippen LogP contribution in [0, 0.1) is 6.92 Å². The Morgan fingerprint density at radius 3 is 2.61 bits per heavy atom. The van der Waals surface area contributed by atoms with Gasteiger partial charge in [-0.3, -0.25) is 13.9 Å². The molecule has 0 saturated heterocycles. The van der Waals surface area contributed by atoms with Gasteiger partial charge in [-0.2, -0.15) is 0 Å². The zero-order valence-electron chi connectivity index (χ0n) is 16.0. The summed E-state index contributed by atoms with van der Waals surface area (Å²) in [5.41, 5.74) is 1.51. The van der Waals surface area contributed by atoms with E-state index < -0.39 is 15.6 Å². The first-order valence-electron chi connectivity index (χ1n) is 8.56. The standard InChI is InChI=1S/C18H13Cl2N5O4S2/c1-9-17(30-18(20)23-9)31(27,28)24-13-5-11(6-22-15(13)29-2)10-3-4-14-21-7-12(19)16(26)25(14)8-10/h3-8,24H,1-2H3. The van der Waals surface area contributed by atoms with Crippen LogP contribution in [-0.2, 0) is 10.0 Å². The van der Waals surface area contributed by atoms with E-state index in [0.29, 0.717) is 16.8 Å². The van der Waals surface area contributed by atoms with Crippen LogP contribution in [0.1, 0.15) is 5.69 Å². The molecule has 0 saturated carbocycles. The van der Waals surface area contributed by atoms with Crippen molar-refractivity contribution in [2.75, 3.05) is 11.8 Å². The highest BCUT2D eigenvalue weighted by molar-refractivity contribution is 7.94. The first-order valence-corrected chi connectivity index (χ1v) is 11.6. The monoisotopic (exact) mass is 497 g/mol. The van der Waals surface area contributed by atoms with Crippen molar-refractivity contribution in [1.82, 2.24) is 19.4 Å². The molecule has 4 aromatic heterocycles. The average molecular weight is 498 g/mol. The lowest BCUT2D eigenvalue weighted by atomic mass is 10.1. The molecule has 0 unspecified atom stereocenters. The van der Waals surface area contributed by atoms with Crippen LogP contribution in [0.25, 0.3) is 16.8 Å². The van der Waals surface area contributed by atoms with Crippen molar-refractivity contribution in [3.05, 3.63) is 62.3 Å². The van der Waals surface area contributed by atoms with Crippen molar-refractivity contribution in [2.45, 2.75) is 11.1 Å². The lowest BCUT2D eigenvalue weighted by Crippen LogP contribution is -2.15. The summed E-state index contributed by atoms with van der Waals surface area (Å²) in [6, 6.07) is 4.92. The van der Waals surface area contributed by atoms with Gasteiger partial charge in [0.15, 0.2) is 8.68 Å². The lowest BCUT2D eigenvalue weighted by molar-refractivity contribution is 0.400. The summed E-state index contributed by atoms with van der Waals surface area (Å²) in [7, 11) is -2.61. The molecular formula is C18H13Cl2N5O4S2. The lowest BCUT2D eigenvalue weighted by Gasteiger charge is -2.12. The van der Waals surface area contributed by atoms with Gasteiger partial charge in [0.2, 0.25) is 5.88 Å². The van der Waals surface area contributed by atoms with E-state index in [2.05, 4.69) is 19.7 Å². The number of aromatic nitrogens is 4. The molecule has 0 amide bonds. The van der Waals surface area contributed by atoms with Gasteiger partial charge in [-0.1, -0.05) is 34.5 Å². The van der Waals surface area contributed by atoms with Crippen molar-refractivity contribution in [1.29, 1.82) is 0 Å². The van der Waals surface area contributed by atoms with Gasteiger partial charge in [0, 0.05) is 23.5 Å². The molecule has 0 radical (unpaired) electrons. The molecule has 160 valence electrons. The maximum atomic E-state index is 12.9. The van der Waals surface area contributed by atoms with Crippen LogP contribution >= 0.6 is 34.5 Å². The minimum Gasteiger partial charge on any atom is -0.480 e. The summed E-state index contributed by atoms with van der Waals surface area (Å²) < 4.78 is 34.8. The molecule has 0 atom stereocenters. The van der Waals surface area contributed by atoms with Crippen LogP contribution in [0.5, 0.6) is 5.88 Å². The van der Waals surface area contributed by atoms with Crippen LogP contribution in [-0.4, -0.2) is 34.9 Å². The molecule has 4 heterocycles. The third-order valence-electron chi connectivity index (χ3n) is 4.25. The molecule has 0 aliphatic rings. The van der Waals surface area contributed by atoms with Crippen molar-refractivity contribution < 1.29 is 13.2 Å². The number of fused-ring (bicyclic) bond motifs is 1. The summed E-state index contributed by atoms with van der Waals surface area (Å²) in [5, 5.41) is -0.0189. The zero-order chi connectivity index (χ0) is 22.3. The highest BCUT2D eigenvalue weighted by atomic mass is 35.5. The predicted octanol–water partition coefficient (Wildman–Crippen LogP) is 3.64. The Labute approximate surface area is 190 Å². The molecule has 0 spiro atoms. The van der Waals surface area contributed by atoms with E-state index in [9.17, 15) is 13.2 Å². The molecule has 9 nitrogen and oxygen atoms in total. The number of ether oxygens (including phenoxy) is 1. The number of aryl methyl sites for hydroxylation is 1. The number of rotatable bonds is 5. The van der Waals surface area contributed by atoms with Gasteiger partial charge in [-0.05, 0) is 25.1 Å². The van der Waals surface area contributed by atoms with E-state index in [1.54, 1.807) is 31.3 Å². The SMILES string of the molecule is COc1ncc(-c2ccc3ncc(Cl)c(=O)n3c2)cc1NS(=O)(=O)c1sc(Cl)nc1C. The maximum absolute atomic E-state index is 12.9. The van der Waals surface area contributed by atoms with Gasteiger partial charge >= 0.3 is 0 Å². The summed E-state index contributed by atoms with van der Waals surface area (Å²) in [6.45, 7) is 1.55. The summed E-state index contributed by atoms with van der Waals surface area (Å²) in [4.78, 5) is 24.5. The molecule has 0 bridgehead atoms. The first kappa shape index (κ1) is 21.5. The number of nitrogens with one attached hydrogen (secondary N) is 1. The van der Waals surface area contributed by atoms with E-state index in [1.165, 1.54) is 23.9 Å². The third-order valence-corrected chi connectivity index (χ3v) is 7.75. The molecule has 31 heavy (non-hydrogen) atoms. The Balaban J connectivity index is 1.80. The number of pyridine rings is 2. The van der Waals surface area contributed by atoms with Crippen LogP contribution in [0.3, 0.4) is 0 Å². The van der Waals surface area contributed by atoms with Gasteiger partial charge in [0.05, 0.1) is 19.0 Å². The fourth-order valence-corrected chi connectivity index (χ4v) is 5.79. The van der Waals surface area contributed by atoms with E-state index in [-0.39, 0.29) is 31.0 Å². The second-order valence-corrected chi connectivity index (χ2v) is 10.1. The fourth-order valence-electron chi connectivity index (χ4n) is 2.86. The first-order chi connectivity index (χ1) is 14.7. The Morgan fingerprint density at radius 1 is 1.16 bits per heavy atom. The number of anilines is 1. The second kappa shape index (κ2) is 8.08. The zero-order valence-corrected chi connectivity index (χ0v) is 19.1. The molecule has 0 fully saturated rings. The molecule has 4 aromatic rings. The molecule has 1 N–H and O–H groups in total. The Morgan fingerprint density at radius 2 is 1.94 bits per heavy atom. The topological polar surface area (TPSA) is 116 Å². The van der Waals surface area contributed by atoms with E-state index in [1.807, 2.05) is 0 Å². The van der Waals surface area contributed by atoms with Crippen LogP contribution in [0.15, 0.2) is 45.8 Å². The van der Waals surface area contributed by atoms with Crippen LogP contribution in [0.2, 0.25) is 9.49 Å². The Bertz CT molecular complexity index is 1480. The van der Waals surface area contributed by atoms with E-state index >= 15 is 0 Å². The molecule has 0 aliphatic carbocycles. The second-order valence-electron chi connectivity index (χ2n) is 6.28. The molecule has 4 rings (SSSR count). The smallest absolute Gasteiger partial charge is 0.276 e. The Hall–Kier alpha value is -2.73. The van der Waals surface area contributed by atoms with Gasteiger partial charge in [-0.15, -0.1) is 0 Å². The number of methoxy groups -OCH3 is 1. The Kier molecular flexibility index (Phi) is 5.60. The van der Waals surface area contributed by atoms with E-state index in [4.69, 9.17) is 27.9 Å². The summed E-state index contributed by atoms with van der Waals surface area (Å²) in [5.74, 6) is 0.0725. The normalized spacial score (nSPS) is 11.6. The van der Waals surface area contributed by atoms with E-state index in [0.717, 1.165) is 11.3 Å². The molecule has 13 heteroatoms. The quantitative estimate of drug-likeness (QED) is 0.447. The van der Waals surface area contributed by atoms with Crippen LogP contribution < -0.4 is 15.0 Å². The highest BCUT2D eigenvalue weighted by Crippen LogP contribution is 2.33. The summed E-state index contributed by atoms with van der Waals surface area (Å²) >= 11 is 12.6. The number of halogens is 2. The molecule has 0 aliphatic heterocycles. The minimum absolute atomic E-state index is 0.0112. The summed E-state index contributed by atoms with van der Waals surface area (Å²) in [6.07, 6.45) is 4.33. The molecule has 0 aromatic carbocycles. The number of hydrogen-bond donors (Lipinski definition) is 1. The number of nitrogens with zero attached hydrogens (tertiary/aromatic N) is 4. The van der Waals surface area contributed by atoms with Crippen molar-refractivity contribution in [3.63, 3.8) is 0 Å². The predicted molar refractivity (Wildman–Crippen MR) is 119 cm³/mol. The van der Waals surface area contributed by atoms with Gasteiger partial charge in [0.25, 0.3) is 15.6 Å². The fraction of sp³-hybridized carbons (Fsp3) is 0.111. The number of hydrogen-bond acceptors (Lipinski definition) is 8. The van der Waals surface area contributed by atoms with Gasteiger partial charge in [0.1, 0.15) is 16.4 Å². The average Bonchev–Trinajstić information content (AvgIpc) is 3.09. The number of thiazole rings is 1. The van der Waals surface area contributed by atoms with Crippen molar-refractivity contribution in [2.24, 2.45) is 0 Å². The van der Waals surface area contributed by atoms with Gasteiger partial charge in [-0.25, -0.2) is 23.4 Å². The van der Waals surface area contributed by atoms with Crippen LogP contribution in [0.4, 0.5) is 5.69 Å². The number of sulfonamides is 1. The van der Waals surface area contributed by atoms with Crippen molar-refractivity contribution >= 4 is 55.9 Å². The third kappa shape index (κ3) is 4.09. The van der Waals surface area contributed by atoms with Gasteiger partial charge < -0.3 is 4.74 Å². The largest absolute Gasteiger partial charge is 0.480 e. The minimum atomic E-state index is -3.98. The maximum Gasteiger partial charge on any atom is 0.276 e. The highest BCUT2D eigenvalue weighted by Gasteiger charge is 2.23. The molecular weight excluding hydrogens is 485 g/mol. The van der Waals surface area contributed by atoms with Crippen molar-refractivity contribution in [3.8, 4) is 17.0 Å².